The van der Waals surface area contributed by atoms with Crippen LogP contribution in [0.25, 0.3) is 0 Å². The summed E-state index contributed by atoms with van der Waals surface area (Å²) in [5, 5.41) is 13.5. The van der Waals surface area contributed by atoms with Crippen molar-refractivity contribution in [3.8, 4) is 0 Å². The molecule has 0 saturated carbocycles. The molecule has 1 atom stereocenters. The molecule has 1 aromatic carbocycles. The molecule has 25 heavy (non-hydrogen) atoms. The van der Waals surface area contributed by atoms with E-state index in [0.29, 0.717) is 16.8 Å². The number of benzene rings is 1. The second-order valence-corrected chi connectivity index (χ2v) is 6.28. The first-order valence-corrected chi connectivity index (χ1v) is 8.56. The van der Waals surface area contributed by atoms with E-state index < -0.39 is 11.5 Å². The Morgan fingerprint density at radius 3 is 2.56 bits per heavy atom. The fourth-order valence-corrected chi connectivity index (χ4v) is 3.01. The maximum absolute atomic E-state index is 12.8. The molecule has 1 amide bonds. The van der Waals surface area contributed by atoms with Crippen LogP contribution in [0.5, 0.6) is 0 Å². The van der Waals surface area contributed by atoms with Crippen LogP contribution in [0.15, 0.2) is 59.7 Å². The molecule has 132 valence electrons. The summed E-state index contributed by atoms with van der Waals surface area (Å²) in [7, 11) is 0. The topological polar surface area (TPSA) is 66.4 Å². The van der Waals surface area contributed by atoms with Gasteiger partial charge in [-0.05, 0) is 37.5 Å². The minimum atomic E-state index is -1.84. The van der Waals surface area contributed by atoms with Crippen LogP contribution in [-0.2, 0) is 15.2 Å². The van der Waals surface area contributed by atoms with Crippen molar-refractivity contribution in [2.75, 3.05) is 5.32 Å². The number of hydrogen-bond donors (Lipinski definition) is 2. The zero-order valence-corrected chi connectivity index (χ0v) is 15.1. The van der Waals surface area contributed by atoms with Gasteiger partial charge in [0.15, 0.2) is 11.4 Å². The molecule has 2 rings (SSSR count). The van der Waals surface area contributed by atoms with Crippen LogP contribution in [0.3, 0.4) is 0 Å². The van der Waals surface area contributed by atoms with E-state index in [-0.39, 0.29) is 12.2 Å². The molecule has 0 radical (unpaired) electrons. The summed E-state index contributed by atoms with van der Waals surface area (Å²) in [4.78, 5) is 25.0. The van der Waals surface area contributed by atoms with Crippen LogP contribution in [-0.4, -0.2) is 16.8 Å². The van der Waals surface area contributed by atoms with E-state index in [1.165, 1.54) is 11.6 Å². The summed E-state index contributed by atoms with van der Waals surface area (Å²) in [6, 6.07) is 6.88. The molecular formula is C21H25NO3. The van der Waals surface area contributed by atoms with Gasteiger partial charge in [0, 0.05) is 16.8 Å². The zero-order valence-electron chi connectivity index (χ0n) is 15.1. The van der Waals surface area contributed by atoms with Gasteiger partial charge in [0.25, 0.3) is 5.91 Å². The van der Waals surface area contributed by atoms with Crippen molar-refractivity contribution in [1.29, 1.82) is 0 Å². The predicted octanol–water partition coefficient (Wildman–Crippen LogP) is 4.03. The highest BCUT2D eigenvalue weighted by molar-refractivity contribution is 6.09. The average molecular weight is 339 g/mol. The standard InChI is InChI=1S/C21H25NO3/c1-5-14(4)15(6-2)12-16(7-3)19(23)13-21(25)17-10-8-9-11-18(17)22-20(21)24/h7-12,25H,3,5-6,13H2,1-2,4H3,(H,22,24)/b15-14+,16-12+. The summed E-state index contributed by atoms with van der Waals surface area (Å²) in [5.41, 5.74) is 1.84. The third-order valence-electron chi connectivity index (χ3n) is 4.74. The van der Waals surface area contributed by atoms with E-state index >= 15 is 0 Å². The number of Topliss-reactive ketones (excluding diaryl/α,β-unsaturated/α-hetero) is 1. The Morgan fingerprint density at radius 2 is 1.96 bits per heavy atom. The normalized spacial score (nSPS) is 20.6. The summed E-state index contributed by atoms with van der Waals surface area (Å²) < 4.78 is 0. The SMILES string of the molecule is C=C/C(=C\C(CC)=C(/C)CC)C(=O)CC1(O)C(=O)Nc2ccccc21. The summed E-state index contributed by atoms with van der Waals surface area (Å²) >= 11 is 0. The first-order chi connectivity index (χ1) is 11.9. The maximum atomic E-state index is 12.8. The molecular weight excluding hydrogens is 314 g/mol. The molecule has 0 aliphatic carbocycles. The fraction of sp³-hybridized carbons (Fsp3) is 0.333. The second-order valence-electron chi connectivity index (χ2n) is 6.28. The number of nitrogens with one attached hydrogen (secondary N) is 1. The molecule has 0 aromatic heterocycles. The lowest BCUT2D eigenvalue weighted by Crippen LogP contribution is -2.36. The van der Waals surface area contributed by atoms with Gasteiger partial charge in [-0.15, -0.1) is 0 Å². The molecule has 1 aromatic rings. The van der Waals surface area contributed by atoms with Gasteiger partial charge in [-0.25, -0.2) is 0 Å². The Kier molecular flexibility index (Phi) is 5.75. The van der Waals surface area contributed by atoms with Gasteiger partial charge < -0.3 is 10.4 Å². The Morgan fingerprint density at radius 1 is 1.28 bits per heavy atom. The van der Waals surface area contributed by atoms with Crippen LogP contribution >= 0.6 is 0 Å². The van der Waals surface area contributed by atoms with Gasteiger partial charge in [0.2, 0.25) is 0 Å². The van der Waals surface area contributed by atoms with Gasteiger partial charge in [0.05, 0.1) is 6.42 Å². The molecule has 0 fully saturated rings. The van der Waals surface area contributed by atoms with Gasteiger partial charge >= 0.3 is 0 Å². The molecule has 0 spiro atoms. The van der Waals surface area contributed by atoms with Crippen molar-refractivity contribution in [3.63, 3.8) is 0 Å². The first kappa shape index (κ1) is 18.9. The fourth-order valence-electron chi connectivity index (χ4n) is 3.01. The molecule has 4 heteroatoms. The van der Waals surface area contributed by atoms with Crippen molar-refractivity contribution in [2.24, 2.45) is 0 Å². The Hall–Kier alpha value is -2.46. The Bertz CT molecular complexity index is 773. The van der Waals surface area contributed by atoms with Crippen molar-refractivity contribution < 1.29 is 14.7 Å². The number of ketones is 1. The Labute approximate surface area is 148 Å². The van der Waals surface area contributed by atoms with Crippen molar-refractivity contribution in [2.45, 2.75) is 45.6 Å². The first-order valence-electron chi connectivity index (χ1n) is 8.56. The lowest BCUT2D eigenvalue weighted by atomic mass is 9.87. The number of carbonyl (C=O) groups is 2. The van der Waals surface area contributed by atoms with Gasteiger partial charge in [0.1, 0.15) is 0 Å². The third kappa shape index (κ3) is 3.64. The zero-order chi connectivity index (χ0) is 18.6. The number of anilines is 1. The number of fused-ring (bicyclic) bond motifs is 1. The Balaban J connectivity index is 2.34. The largest absolute Gasteiger partial charge is 0.375 e. The highest BCUT2D eigenvalue weighted by atomic mass is 16.3. The number of hydrogen-bond acceptors (Lipinski definition) is 3. The summed E-state index contributed by atoms with van der Waals surface area (Å²) in [6.45, 7) is 9.86. The molecule has 1 aliphatic rings. The minimum Gasteiger partial charge on any atom is -0.375 e. The van der Waals surface area contributed by atoms with E-state index in [9.17, 15) is 14.7 Å². The van der Waals surface area contributed by atoms with Crippen LogP contribution in [0, 0.1) is 0 Å². The van der Waals surface area contributed by atoms with Gasteiger partial charge in [-0.2, -0.15) is 0 Å². The molecule has 0 saturated heterocycles. The van der Waals surface area contributed by atoms with E-state index in [1.807, 2.05) is 19.9 Å². The monoisotopic (exact) mass is 339 g/mol. The van der Waals surface area contributed by atoms with Crippen molar-refractivity contribution in [1.82, 2.24) is 0 Å². The predicted molar refractivity (Wildman–Crippen MR) is 100 cm³/mol. The maximum Gasteiger partial charge on any atom is 0.261 e. The van der Waals surface area contributed by atoms with Gasteiger partial charge in [-0.3, -0.25) is 9.59 Å². The molecule has 1 aliphatic heterocycles. The van der Waals surface area contributed by atoms with E-state index in [2.05, 4.69) is 18.8 Å². The lowest BCUT2D eigenvalue weighted by molar-refractivity contribution is -0.138. The third-order valence-corrected chi connectivity index (χ3v) is 4.74. The highest BCUT2D eigenvalue weighted by Gasteiger charge is 2.46. The lowest BCUT2D eigenvalue weighted by Gasteiger charge is -2.20. The van der Waals surface area contributed by atoms with Crippen LogP contribution in [0.1, 0.15) is 45.6 Å². The van der Waals surface area contributed by atoms with E-state index in [0.717, 1.165) is 18.4 Å². The smallest absolute Gasteiger partial charge is 0.261 e. The van der Waals surface area contributed by atoms with Crippen LogP contribution in [0.2, 0.25) is 0 Å². The molecule has 2 N–H and O–H groups in total. The summed E-state index contributed by atoms with van der Waals surface area (Å²) in [6.07, 6.45) is 4.70. The van der Waals surface area contributed by atoms with Crippen molar-refractivity contribution in [3.05, 3.63) is 65.3 Å². The molecule has 1 unspecified atom stereocenters. The number of allylic oxidation sites excluding steroid dienone is 5. The van der Waals surface area contributed by atoms with Crippen molar-refractivity contribution >= 4 is 17.4 Å². The molecule has 0 bridgehead atoms. The van der Waals surface area contributed by atoms with E-state index in [4.69, 9.17) is 0 Å². The molecule has 4 nitrogen and oxygen atoms in total. The highest BCUT2D eigenvalue weighted by Crippen LogP contribution is 2.38. The second kappa shape index (κ2) is 7.62. The number of carbonyl (C=O) groups excluding carboxylic acids is 2. The quantitative estimate of drug-likeness (QED) is 0.582. The number of amides is 1. The minimum absolute atomic E-state index is 0.306. The number of para-hydroxylation sites is 1. The van der Waals surface area contributed by atoms with E-state index in [1.54, 1.807) is 24.3 Å². The van der Waals surface area contributed by atoms with Gasteiger partial charge in [-0.1, -0.05) is 50.3 Å². The number of aliphatic hydroxyl groups is 1. The average Bonchev–Trinajstić information content (AvgIpc) is 2.86. The number of rotatable bonds is 7. The van der Waals surface area contributed by atoms with Crippen LogP contribution in [0.4, 0.5) is 5.69 Å². The summed E-state index contributed by atoms with van der Waals surface area (Å²) in [5.74, 6) is -0.874. The molecule has 1 heterocycles. The van der Waals surface area contributed by atoms with Crippen LogP contribution < -0.4 is 5.32 Å².